The molecule has 1 amide bonds. The third kappa shape index (κ3) is 6.07. The largest absolute Gasteiger partial charge is 0.469 e. The minimum atomic E-state index is -0.664. The predicted molar refractivity (Wildman–Crippen MR) is 189 cm³/mol. The van der Waals surface area contributed by atoms with Gasteiger partial charge in [-0.2, -0.15) is 0 Å². The van der Waals surface area contributed by atoms with E-state index in [0.717, 1.165) is 56.4 Å². The van der Waals surface area contributed by atoms with E-state index in [2.05, 4.69) is 41.8 Å². The Hall–Kier alpha value is -4.99. The molecule has 0 saturated heterocycles. The van der Waals surface area contributed by atoms with Gasteiger partial charge < -0.3 is 24.8 Å². The lowest BCUT2D eigenvalue weighted by Gasteiger charge is -2.18. The molecule has 10 heteroatoms. The van der Waals surface area contributed by atoms with Gasteiger partial charge in [0.1, 0.15) is 5.56 Å². The molecule has 252 valence electrons. The van der Waals surface area contributed by atoms with Gasteiger partial charge in [-0.15, -0.1) is 0 Å². The monoisotopic (exact) mass is 651 g/mol. The first-order valence-corrected chi connectivity index (χ1v) is 16.4. The summed E-state index contributed by atoms with van der Waals surface area (Å²) in [7, 11) is 2.66. The van der Waals surface area contributed by atoms with Gasteiger partial charge in [0.25, 0.3) is 5.91 Å². The topological polar surface area (TPSA) is 139 Å². The van der Waals surface area contributed by atoms with Crippen molar-refractivity contribution in [3.05, 3.63) is 75.4 Å². The first-order chi connectivity index (χ1) is 22.8. The van der Waals surface area contributed by atoms with Crippen LogP contribution in [0.4, 0.5) is 0 Å². The summed E-state index contributed by atoms with van der Waals surface area (Å²) in [6.45, 7) is 17.9. The molecule has 5 heterocycles. The van der Waals surface area contributed by atoms with Crippen LogP contribution in [0.25, 0.3) is 39.3 Å². The quantitative estimate of drug-likeness (QED) is 0.219. The van der Waals surface area contributed by atoms with E-state index in [-0.39, 0.29) is 53.0 Å². The second-order valence-corrected chi connectivity index (χ2v) is 12.8. The zero-order chi connectivity index (χ0) is 35.0. The number of carbonyl (C=O) groups is 3. The van der Waals surface area contributed by atoms with Crippen molar-refractivity contribution in [1.82, 2.24) is 25.3 Å². The lowest BCUT2D eigenvalue weighted by molar-refractivity contribution is -0.140. The minimum Gasteiger partial charge on any atom is -0.469 e. The van der Waals surface area contributed by atoms with Crippen LogP contribution >= 0.6 is 0 Å². The molecule has 0 aliphatic carbocycles. The van der Waals surface area contributed by atoms with E-state index in [4.69, 9.17) is 19.4 Å². The number of H-pyrrole nitrogens is 2. The summed E-state index contributed by atoms with van der Waals surface area (Å²) >= 11 is 0. The van der Waals surface area contributed by atoms with Crippen LogP contribution in [-0.4, -0.2) is 58.0 Å². The lowest BCUT2D eigenvalue weighted by atomic mass is 9.85. The average molecular weight is 652 g/mol. The molecule has 0 spiro atoms. The van der Waals surface area contributed by atoms with Gasteiger partial charge >= 0.3 is 11.9 Å². The van der Waals surface area contributed by atoms with Crippen LogP contribution in [0.2, 0.25) is 0 Å². The van der Waals surface area contributed by atoms with Gasteiger partial charge in [0.2, 0.25) is 0 Å². The van der Waals surface area contributed by atoms with Crippen LogP contribution < -0.4 is 5.32 Å². The Bertz CT molecular complexity index is 2030. The Morgan fingerprint density at radius 2 is 1.67 bits per heavy atom. The molecule has 10 nitrogen and oxygen atoms in total. The summed E-state index contributed by atoms with van der Waals surface area (Å²) in [5.74, 6) is -1.95. The molecular weight excluding hydrogens is 606 g/mol. The van der Waals surface area contributed by atoms with Crippen molar-refractivity contribution in [1.29, 1.82) is 0 Å². The number of nitrogens with one attached hydrogen (secondary N) is 3. The molecule has 3 aromatic rings. The number of methoxy groups -OCH3 is 2. The number of nitrogens with zero attached hydrogens (tertiary/aromatic N) is 2. The summed E-state index contributed by atoms with van der Waals surface area (Å²) in [6, 6.07) is 5.86. The molecule has 0 unspecified atom stereocenters. The molecule has 48 heavy (non-hydrogen) atoms. The highest BCUT2D eigenvalue weighted by Gasteiger charge is 2.37. The number of aryl methyl sites for hydroxylation is 3. The average Bonchev–Trinajstić information content (AvgIpc) is 3.72. The second-order valence-electron chi connectivity index (χ2n) is 12.8. The highest BCUT2D eigenvalue weighted by atomic mass is 16.5. The number of aromatic amines is 2. The number of fused-ring (bicyclic) bond motifs is 8. The molecule has 2 atom stereocenters. The number of amides is 1. The standard InChI is InChI=1S/C38H45N5O5/c1-11-23-19(5)26-15-28-21(7)25(13-14-32(44)47-9)35(42-28)34(38(46)48-10)36-33(37(45)39-18(3)4)22(8)29(43-36)17-31-24(12-2)20(6)27(41-31)16-30(23)40-26/h11,15-18,21,25,40-41H,1,12-14H2,2-10H3,(H,39,45)/t21-,25-/m0/s1. The van der Waals surface area contributed by atoms with Crippen LogP contribution in [-0.2, 0) is 25.5 Å². The summed E-state index contributed by atoms with van der Waals surface area (Å²) < 4.78 is 10.3. The van der Waals surface area contributed by atoms with Gasteiger partial charge in [0.05, 0.1) is 36.9 Å². The maximum Gasteiger partial charge on any atom is 0.341 e. The van der Waals surface area contributed by atoms with E-state index in [1.165, 1.54) is 14.2 Å². The SMILES string of the molecule is C=Cc1c(C)c2cc3nc(c(C(=O)OC)c4nc(cc5[nH]c(cc1[nH]2)c(C)c5CC)C(C)=C4C(=O)NC(C)C)[C@@H](CCC(=O)OC)[C@@H]3C. The molecule has 0 radical (unpaired) electrons. The molecule has 0 aromatic carbocycles. The van der Waals surface area contributed by atoms with Crippen molar-refractivity contribution in [3.63, 3.8) is 0 Å². The van der Waals surface area contributed by atoms with Crippen molar-refractivity contribution in [2.24, 2.45) is 0 Å². The molecule has 0 fully saturated rings. The van der Waals surface area contributed by atoms with Crippen molar-refractivity contribution in [3.8, 4) is 0 Å². The van der Waals surface area contributed by atoms with E-state index < -0.39 is 5.97 Å². The van der Waals surface area contributed by atoms with Crippen molar-refractivity contribution >= 4 is 57.1 Å². The van der Waals surface area contributed by atoms with Crippen LogP contribution in [0.15, 0.2) is 24.8 Å². The fourth-order valence-corrected chi connectivity index (χ4v) is 6.86. The number of rotatable bonds is 8. The third-order valence-corrected chi connectivity index (χ3v) is 9.55. The number of aromatic nitrogens is 4. The Morgan fingerprint density at radius 1 is 0.979 bits per heavy atom. The van der Waals surface area contributed by atoms with Gasteiger partial charge in [-0.1, -0.05) is 26.5 Å². The molecule has 3 N–H and O–H groups in total. The van der Waals surface area contributed by atoms with Gasteiger partial charge in [0.15, 0.2) is 0 Å². The fourth-order valence-electron chi connectivity index (χ4n) is 6.86. The smallest absolute Gasteiger partial charge is 0.341 e. The molecule has 5 rings (SSSR count). The Morgan fingerprint density at radius 3 is 2.29 bits per heavy atom. The van der Waals surface area contributed by atoms with E-state index in [9.17, 15) is 14.4 Å². The van der Waals surface area contributed by atoms with E-state index >= 15 is 0 Å². The fraction of sp³-hybridized carbons (Fsp3) is 0.395. The normalized spacial score (nSPS) is 15.9. The first-order valence-electron chi connectivity index (χ1n) is 16.4. The zero-order valence-electron chi connectivity index (χ0n) is 29.3. The van der Waals surface area contributed by atoms with Crippen LogP contribution in [0.5, 0.6) is 0 Å². The number of esters is 2. The zero-order valence-corrected chi connectivity index (χ0v) is 29.3. The third-order valence-electron chi connectivity index (χ3n) is 9.55. The molecule has 8 bridgehead atoms. The van der Waals surface area contributed by atoms with Crippen molar-refractivity contribution in [2.45, 2.75) is 85.6 Å². The summed E-state index contributed by atoms with van der Waals surface area (Å²) in [5, 5.41) is 2.99. The van der Waals surface area contributed by atoms with E-state index in [0.29, 0.717) is 23.4 Å². The van der Waals surface area contributed by atoms with Gasteiger partial charge in [0, 0.05) is 57.6 Å². The lowest BCUT2D eigenvalue weighted by Crippen LogP contribution is -2.31. The summed E-state index contributed by atoms with van der Waals surface area (Å²) in [6.07, 6.45) is 3.09. The number of allylic oxidation sites excluding steroid dienone is 1. The van der Waals surface area contributed by atoms with Crippen molar-refractivity contribution < 1.29 is 23.9 Å². The first kappa shape index (κ1) is 34.3. The molecule has 2 aliphatic heterocycles. The Kier molecular flexibility index (Phi) is 9.75. The van der Waals surface area contributed by atoms with Crippen LogP contribution in [0.3, 0.4) is 0 Å². The predicted octanol–water partition coefficient (Wildman–Crippen LogP) is 7.22. The highest BCUT2D eigenvalue weighted by molar-refractivity contribution is 6.29. The molecule has 3 aromatic heterocycles. The van der Waals surface area contributed by atoms with Crippen molar-refractivity contribution in [2.75, 3.05) is 14.2 Å². The Labute approximate surface area is 281 Å². The number of hydrogen-bond acceptors (Lipinski definition) is 7. The number of carbonyl (C=O) groups excluding carboxylic acids is 3. The van der Waals surface area contributed by atoms with E-state index in [1.807, 2.05) is 52.8 Å². The molecule has 2 aliphatic rings. The minimum absolute atomic E-state index is 0.106. The summed E-state index contributed by atoms with van der Waals surface area (Å²) in [4.78, 5) is 57.4. The van der Waals surface area contributed by atoms with Gasteiger partial charge in [-0.3, -0.25) is 14.6 Å². The highest BCUT2D eigenvalue weighted by Crippen LogP contribution is 2.44. The van der Waals surface area contributed by atoms with Crippen LogP contribution in [0.1, 0.15) is 115 Å². The Balaban J connectivity index is 2.03. The molecular formula is C38H45N5O5. The summed E-state index contributed by atoms with van der Waals surface area (Å²) in [5.41, 5.74) is 10.7. The van der Waals surface area contributed by atoms with Gasteiger partial charge in [-0.05, 0) is 87.9 Å². The van der Waals surface area contributed by atoms with E-state index in [1.54, 1.807) is 0 Å². The maximum absolute atomic E-state index is 13.9. The van der Waals surface area contributed by atoms with Crippen LogP contribution in [0, 0.1) is 13.8 Å². The number of hydrogen-bond donors (Lipinski definition) is 3. The second kappa shape index (κ2) is 13.6. The molecule has 0 saturated carbocycles. The van der Waals surface area contributed by atoms with Gasteiger partial charge in [-0.25, -0.2) is 9.78 Å². The maximum atomic E-state index is 13.9. The number of ether oxygens (including phenoxy) is 2.